The van der Waals surface area contributed by atoms with Gasteiger partial charge in [0, 0.05) is 22.4 Å². The summed E-state index contributed by atoms with van der Waals surface area (Å²) in [7, 11) is 2.18. The third-order valence-electron chi connectivity index (χ3n) is 1.91. The first kappa shape index (κ1) is 13.1. The van der Waals surface area contributed by atoms with Crippen LogP contribution in [0.2, 0.25) is 0 Å². The Hall–Kier alpha value is -0.950. The van der Waals surface area contributed by atoms with Gasteiger partial charge in [0.1, 0.15) is 5.75 Å². The molecule has 0 radical (unpaired) electrons. The summed E-state index contributed by atoms with van der Waals surface area (Å²) in [6.07, 6.45) is -2.06. The van der Waals surface area contributed by atoms with Gasteiger partial charge >= 0.3 is 0 Å². The number of methoxy groups -OCH3 is 1. The Labute approximate surface area is 95.6 Å². The Morgan fingerprint density at radius 3 is 2.44 bits per heavy atom. The number of aromatic nitrogens is 1. The normalized spacial score (nSPS) is 11.9. The van der Waals surface area contributed by atoms with Gasteiger partial charge in [-0.25, -0.2) is 22.2 Å². The zero-order valence-corrected chi connectivity index (χ0v) is 9.94. The van der Waals surface area contributed by atoms with Crippen molar-refractivity contribution in [1.82, 2.24) is 4.98 Å². The predicted octanol–water partition coefficient (Wildman–Crippen LogP) is 2.26. The molecule has 0 N–H and O–H groups in total. The second-order valence-corrected chi connectivity index (χ2v) is 5.40. The fourth-order valence-corrected chi connectivity index (χ4v) is 2.37. The zero-order chi connectivity index (χ0) is 12.5. The summed E-state index contributed by atoms with van der Waals surface area (Å²) in [6.45, 7) is 1.30. The number of alkyl halides is 2. The molecule has 16 heavy (non-hydrogen) atoms. The molecule has 1 heterocycles. The molecule has 0 aliphatic rings. The minimum Gasteiger partial charge on any atom is -0.496 e. The van der Waals surface area contributed by atoms with Crippen LogP contribution in [0.5, 0.6) is 5.75 Å². The van der Waals surface area contributed by atoms with Gasteiger partial charge in [0.15, 0.2) is 5.03 Å². The van der Waals surface area contributed by atoms with Crippen LogP contribution >= 0.6 is 10.7 Å². The van der Waals surface area contributed by atoms with E-state index >= 15 is 0 Å². The van der Waals surface area contributed by atoms with Crippen LogP contribution in [-0.4, -0.2) is 20.5 Å². The highest BCUT2D eigenvalue weighted by atomic mass is 35.7. The highest BCUT2D eigenvalue weighted by Gasteiger charge is 2.24. The summed E-state index contributed by atoms with van der Waals surface area (Å²) < 4.78 is 51.9. The van der Waals surface area contributed by atoms with Crippen LogP contribution in [0.1, 0.15) is 17.6 Å². The summed E-state index contributed by atoms with van der Waals surface area (Å²) in [5, 5.41) is -0.476. The van der Waals surface area contributed by atoms with E-state index in [1.54, 1.807) is 0 Å². The number of hydrogen-bond donors (Lipinski definition) is 0. The number of ether oxygens (including phenoxy) is 1. The number of pyridine rings is 1. The molecule has 90 valence electrons. The van der Waals surface area contributed by atoms with Crippen molar-refractivity contribution in [2.75, 3.05) is 7.11 Å². The maximum Gasteiger partial charge on any atom is 0.279 e. The molecular formula is C8H8ClF2NO3S. The molecule has 0 spiro atoms. The first-order valence-corrected chi connectivity index (χ1v) is 6.36. The molecular weight excluding hydrogens is 264 g/mol. The van der Waals surface area contributed by atoms with Gasteiger partial charge in [-0.15, -0.1) is 0 Å². The van der Waals surface area contributed by atoms with Gasteiger partial charge in [-0.3, -0.25) is 0 Å². The van der Waals surface area contributed by atoms with Crippen LogP contribution in [0.4, 0.5) is 8.78 Å². The molecule has 0 atom stereocenters. The summed E-state index contributed by atoms with van der Waals surface area (Å²) in [4.78, 5) is 3.40. The van der Waals surface area contributed by atoms with Crippen LogP contribution in [0.3, 0.4) is 0 Å². The molecule has 0 unspecified atom stereocenters. The Morgan fingerprint density at radius 1 is 1.50 bits per heavy atom. The SMILES string of the molecule is COc1c(C(F)F)cnc(S(=O)(=O)Cl)c1C. The molecule has 4 nitrogen and oxygen atoms in total. The number of halogens is 3. The quantitative estimate of drug-likeness (QED) is 0.792. The maximum atomic E-state index is 12.5. The van der Waals surface area contributed by atoms with E-state index in [0.29, 0.717) is 0 Å². The fraction of sp³-hybridized carbons (Fsp3) is 0.375. The van der Waals surface area contributed by atoms with E-state index in [-0.39, 0.29) is 11.3 Å². The van der Waals surface area contributed by atoms with E-state index in [1.165, 1.54) is 14.0 Å². The second-order valence-electron chi connectivity index (χ2n) is 2.92. The van der Waals surface area contributed by atoms with Crippen molar-refractivity contribution >= 4 is 19.7 Å². The Kier molecular flexibility index (Phi) is 3.69. The van der Waals surface area contributed by atoms with E-state index in [9.17, 15) is 17.2 Å². The summed E-state index contributed by atoms with van der Waals surface area (Å²) in [5.41, 5.74) is -0.501. The predicted molar refractivity (Wildman–Crippen MR) is 53.5 cm³/mol. The molecule has 1 aromatic heterocycles. The average molecular weight is 272 g/mol. The highest BCUT2D eigenvalue weighted by molar-refractivity contribution is 8.13. The lowest BCUT2D eigenvalue weighted by Gasteiger charge is -2.11. The molecule has 0 aliphatic heterocycles. The molecule has 0 bridgehead atoms. The maximum absolute atomic E-state index is 12.5. The van der Waals surface area contributed by atoms with Crippen LogP contribution < -0.4 is 4.74 Å². The number of rotatable bonds is 3. The molecule has 1 aromatic rings. The van der Waals surface area contributed by atoms with Gasteiger partial charge < -0.3 is 4.74 Å². The van der Waals surface area contributed by atoms with Crippen molar-refractivity contribution in [1.29, 1.82) is 0 Å². The van der Waals surface area contributed by atoms with E-state index in [2.05, 4.69) is 4.98 Å². The molecule has 0 amide bonds. The zero-order valence-electron chi connectivity index (χ0n) is 8.37. The Bertz CT molecular complexity index is 504. The lowest BCUT2D eigenvalue weighted by atomic mass is 10.2. The van der Waals surface area contributed by atoms with E-state index in [4.69, 9.17) is 15.4 Å². The average Bonchev–Trinajstić information content (AvgIpc) is 2.14. The topological polar surface area (TPSA) is 56.3 Å². The summed E-state index contributed by atoms with van der Waals surface area (Å²) in [6, 6.07) is 0. The van der Waals surface area contributed by atoms with Crippen molar-refractivity contribution in [3.8, 4) is 5.75 Å². The van der Waals surface area contributed by atoms with E-state index < -0.39 is 26.1 Å². The summed E-state index contributed by atoms with van der Waals surface area (Å²) in [5.74, 6) is -0.218. The summed E-state index contributed by atoms with van der Waals surface area (Å²) >= 11 is 0. The first-order chi connectivity index (χ1) is 7.29. The van der Waals surface area contributed by atoms with Crippen molar-refractivity contribution < 1.29 is 21.9 Å². The minimum absolute atomic E-state index is 0.0321. The number of nitrogens with zero attached hydrogens (tertiary/aromatic N) is 1. The van der Waals surface area contributed by atoms with Gasteiger partial charge in [-0.1, -0.05) is 0 Å². The lowest BCUT2D eigenvalue weighted by molar-refractivity contribution is 0.146. The fourth-order valence-electron chi connectivity index (χ4n) is 1.27. The van der Waals surface area contributed by atoms with Gasteiger partial charge in [0.2, 0.25) is 0 Å². The molecule has 0 saturated carbocycles. The molecule has 0 aliphatic carbocycles. The standard InChI is InChI=1S/C8H8ClF2NO3S/c1-4-6(15-2)5(7(10)11)3-12-8(4)16(9,13)14/h3,7H,1-2H3. The molecule has 0 saturated heterocycles. The minimum atomic E-state index is -4.07. The van der Waals surface area contributed by atoms with Gasteiger partial charge in [-0.05, 0) is 6.92 Å². The smallest absolute Gasteiger partial charge is 0.279 e. The largest absolute Gasteiger partial charge is 0.496 e. The van der Waals surface area contributed by atoms with Gasteiger partial charge in [-0.2, -0.15) is 0 Å². The third kappa shape index (κ3) is 2.41. The van der Waals surface area contributed by atoms with E-state index in [0.717, 1.165) is 6.20 Å². The molecule has 0 aromatic carbocycles. The van der Waals surface area contributed by atoms with E-state index in [1.807, 2.05) is 0 Å². The Morgan fingerprint density at radius 2 is 2.06 bits per heavy atom. The van der Waals surface area contributed by atoms with Crippen molar-refractivity contribution in [2.24, 2.45) is 0 Å². The van der Waals surface area contributed by atoms with Crippen molar-refractivity contribution in [3.05, 3.63) is 17.3 Å². The van der Waals surface area contributed by atoms with Crippen LogP contribution in [-0.2, 0) is 9.05 Å². The first-order valence-electron chi connectivity index (χ1n) is 4.05. The van der Waals surface area contributed by atoms with Gasteiger partial charge in [0.05, 0.1) is 12.7 Å². The second kappa shape index (κ2) is 4.50. The molecule has 0 fully saturated rings. The number of hydrogen-bond acceptors (Lipinski definition) is 4. The van der Waals surface area contributed by atoms with Crippen molar-refractivity contribution in [2.45, 2.75) is 18.4 Å². The van der Waals surface area contributed by atoms with Crippen molar-refractivity contribution in [3.63, 3.8) is 0 Å². The van der Waals surface area contributed by atoms with Gasteiger partial charge in [0.25, 0.3) is 15.5 Å². The van der Waals surface area contributed by atoms with Crippen LogP contribution in [0, 0.1) is 6.92 Å². The molecule has 8 heteroatoms. The van der Waals surface area contributed by atoms with Crippen LogP contribution in [0.15, 0.2) is 11.2 Å². The molecule has 1 rings (SSSR count). The monoisotopic (exact) mass is 271 g/mol. The highest BCUT2D eigenvalue weighted by Crippen LogP contribution is 2.34. The van der Waals surface area contributed by atoms with Crippen LogP contribution in [0.25, 0.3) is 0 Å². The third-order valence-corrected chi connectivity index (χ3v) is 3.23. The lowest BCUT2D eigenvalue weighted by Crippen LogP contribution is -2.04. The Balaban J connectivity index is 3.53.